The van der Waals surface area contributed by atoms with Crippen LogP contribution >= 0.6 is 0 Å². The highest BCUT2D eigenvalue weighted by atomic mass is 19.1. The van der Waals surface area contributed by atoms with Gasteiger partial charge in [-0.15, -0.1) is 0 Å². The van der Waals surface area contributed by atoms with Crippen molar-refractivity contribution >= 4 is 23.2 Å². The molecule has 0 atom stereocenters. The number of amides is 2. The molecule has 6 heteroatoms. The van der Waals surface area contributed by atoms with Crippen LogP contribution in [-0.4, -0.2) is 16.8 Å². The average molecular weight is 391 g/mol. The number of nitrogens with one attached hydrogen (secondary N) is 2. The summed E-state index contributed by atoms with van der Waals surface area (Å²) in [6.07, 6.45) is 2.70. The van der Waals surface area contributed by atoms with Gasteiger partial charge >= 0.3 is 0 Å². The van der Waals surface area contributed by atoms with Gasteiger partial charge in [-0.3, -0.25) is 14.6 Å². The Morgan fingerprint density at radius 3 is 2.03 bits per heavy atom. The maximum atomic E-state index is 13.7. The van der Waals surface area contributed by atoms with Crippen molar-refractivity contribution in [2.24, 2.45) is 0 Å². The zero-order valence-corrected chi connectivity index (χ0v) is 16.5. The molecule has 0 unspecified atom stereocenters. The Morgan fingerprint density at radius 2 is 1.45 bits per heavy atom. The van der Waals surface area contributed by atoms with E-state index >= 15 is 0 Å². The number of carbonyl (C=O) groups is 2. The van der Waals surface area contributed by atoms with Gasteiger partial charge in [-0.2, -0.15) is 0 Å². The Labute approximate surface area is 169 Å². The Morgan fingerprint density at radius 1 is 0.862 bits per heavy atom. The molecule has 0 fully saturated rings. The summed E-state index contributed by atoms with van der Waals surface area (Å²) >= 11 is 0. The molecule has 0 saturated heterocycles. The van der Waals surface area contributed by atoms with E-state index in [0.29, 0.717) is 5.69 Å². The molecule has 0 aliphatic rings. The van der Waals surface area contributed by atoms with E-state index in [4.69, 9.17) is 0 Å². The number of carbonyl (C=O) groups excluding carboxylic acids is 2. The highest BCUT2D eigenvalue weighted by Crippen LogP contribution is 2.23. The SMILES string of the molecule is CC(C)(C)c1ccc(NC(=O)c2cncc(C(=O)Nc3ccccc3F)c2)cc1. The molecule has 1 aromatic heterocycles. The summed E-state index contributed by atoms with van der Waals surface area (Å²) < 4.78 is 13.7. The molecule has 3 aromatic rings. The number of nitrogens with zero attached hydrogens (tertiary/aromatic N) is 1. The highest BCUT2D eigenvalue weighted by Gasteiger charge is 2.15. The molecule has 148 valence electrons. The Hall–Kier alpha value is -3.54. The lowest BCUT2D eigenvalue weighted by molar-refractivity contribution is 0.102. The van der Waals surface area contributed by atoms with Crippen molar-refractivity contribution in [3.63, 3.8) is 0 Å². The average Bonchev–Trinajstić information content (AvgIpc) is 2.69. The Kier molecular flexibility index (Phi) is 5.73. The fourth-order valence-electron chi connectivity index (χ4n) is 2.70. The van der Waals surface area contributed by atoms with Gasteiger partial charge in [0.2, 0.25) is 0 Å². The first-order valence-electron chi connectivity index (χ1n) is 9.17. The minimum atomic E-state index is -0.549. The van der Waals surface area contributed by atoms with E-state index in [2.05, 4.69) is 36.4 Å². The number of aromatic nitrogens is 1. The molecule has 1 heterocycles. The molecule has 2 aromatic carbocycles. The first kappa shape index (κ1) is 20.2. The second-order valence-corrected chi connectivity index (χ2v) is 7.68. The van der Waals surface area contributed by atoms with Gasteiger partial charge in [-0.25, -0.2) is 4.39 Å². The molecule has 0 aliphatic carbocycles. The number of rotatable bonds is 4. The zero-order valence-electron chi connectivity index (χ0n) is 16.5. The van der Waals surface area contributed by atoms with Crippen LogP contribution in [0.15, 0.2) is 67.0 Å². The maximum absolute atomic E-state index is 13.7. The van der Waals surface area contributed by atoms with Crippen LogP contribution < -0.4 is 10.6 Å². The monoisotopic (exact) mass is 391 g/mol. The number of halogens is 1. The van der Waals surface area contributed by atoms with Crippen LogP contribution in [0.4, 0.5) is 15.8 Å². The number of para-hydroxylation sites is 1. The topological polar surface area (TPSA) is 71.1 Å². The third kappa shape index (κ3) is 5.04. The van der Waals surface area contributed by atoms with E-state index < -0.39 is 11.7 Å². The first-order valence-corrected chi connectivity index (χ1v) is 9.17. The standard InChI is InChI=1S/C23H22FN3O2/c1-23(2,3)17-8-10-18(11-9-17)26-21(28)15-12-16(14-25-13-15)22(29)27-20-7-5-4-6-19(20)24/h4-14H,1-3H3,(H,26,28)(H,27,29). The third-order valence-electron chi connectivity index (χ3n) is 4.39. The summed E-state index contributed by atoms with van der Waals surface area (Å²) in [4.78, 5) is 28.9. The van der Waals surface area contributed by atoms with E-state index in [1.54, 1.807) is 6.07 Å². The number of benzene rings is 2. The Bertz CT molecular complexity index is 1040. The quantitative estimate of drug-likeness (QED) is 0.656. The first-order chi connectivity index (χ1) is 13.7. The van der Waals surface area contributed by atoms with Gasteiger partial charge in [0, 0.05) is 18.1 Å². The van der Waals surface area contributed by atoms with Gasteiger partial charge in [0.05, 0.1) is 16.8 Å². The van der Waals surface area contributed by atoms with Crippen molar-refractivity contribution < 1.29 is 14.0 Å². The largest absolute Gasteiger partial charge is 0.322 e. The summed E-state index contributed by atoms with van der Waals surface area (Å²) in [5, 5.41) is 5.27. The molecule has 0 spiro atoms. The van der Waals surface area contributed by atoms with Crippen LogP contribution in [0, 0.1) is 5.82 Å². The van der Waals surface area contributed by atoms with Gasteiger partial charge in [-0.05, 0) is 41.3 Å². The second kappa shape index (κ2) is 8.22. The lowest BCUT2D eigenvalue weighted by Gasteiger charge is -2.19. The lowest BCUT2D eigenvalue weighted by Crippen LogP contribution is -2.17. The minimum Gasteiger partial charge on any atom is -0.322 e. The molecule has 2 N–H and O–H groups in total. The van der Waals surface area contributed by atoms with Crippen molar-refractivity contribution in [1.82, 2.24) is 4.98 Å². The summed E-state index contributed by atoms with van der Waals surface area (Å²) in [6, 6.07) is 14.9. The minimum absolute atomic E-state index is 0.0202. The Balaban J connectivity index is 1.72. The normalized spacial score (nSPS) is 11.0. The lowest BCUT2D eigenvalue weighted by atomic mass is 9.87. The van der Waals surface area contributed by atoms with Crippen molar-refractivity contribution in [1.29, 1.82) is 0 Å². The van der Waals surface area contributed by atoms with E-state index in [1.807, 2.05) is 24.3 Å². The summed E-state index contributed by atoms with van der Waals surface area (Å²) in [5.41, 5.74) is 2.27. The van der Waals surface area contributed by atoms with Gasteiger partial charge in [0.25, 0.3) is 11.8 Å². The maximum Gasteiger partial charge on any atom is 0.257 e. The molecular formula is C23H22FN3O2. The van der Waals surface area contributed by atoms with Crippen LogP contribution in [0.25, 0.3) is 0 Å². The van der Waals surface area contributed by atoms with Crippen LogP contribution in [0.2, 0.25) is 0 Å². The molecule has 0 aliphatic heterocycles. The van der Waals surface area contributed by atoms with E-state index in [9.17, 15) is 14.0 Å². The van der Waals surface area contributed by atoms with E-state index in [0.717, 1.165) is 5.56 Å². The van der Waals surface area contributed by atoms with E-state index in [1.165, 1.54) is 36.7 Å². The highest BCUT2D eigenvalue weighted by molar-refractivity contribution is 6.08. The van der Waals surface area contributed by atoms with Crippen molar-refractivity contribution in [2.45, 2.75) is 26.2 Å². The second-order valence-electron chi connectivity index (χ2n) is 7.68. The summed E-state index contributed by atoms with van der Waals surface area (Å²) in [5.74, 6) is -1.48. The predicted octanol–water partition coefficient (Wildman–Crippen LogP) is 5.02. The van der Waals surface area contributed by atoms with Gasteiger partial charge < -0.3 is 10.6 Å². The van der Waals surface area contributed by atoms with Crippen LogP contribution in [-0.2, 0) is 5.41 Å². The van der Waals surface area contributed by atoms with E-state index in [-0.39, 0.29) is 28.1 Å². The smallest absolute Gasteiger partial charge is 0.257 e. The number of anilines is 2. The summed E-state index contributed by atoms with van der Waals surface area (Å²) in [7, 11) is 0. The molecule has 3 rings (SSSR count). The molecule has 2 amide bonds. The molecule has 5 nitrogen and oxygen atoms in total. The number of pyridine rings is 1. The van der Waals surface area contributed by atoms with Gasteiger partial charge in [-0.1, -0.05) is 45.0 Å². The predicted molar refractivity (Wildman–Crippen MR) is 112 cm³/mol. The molecule has 0 saturated carbocycles. The van der Waals surface area contributed by atoms with Gasteiger partial charge in [0.1, 0.15) is 5.82 Å². The third-order valence-corrected chi connectivity index (χ3v) is 4.39. The van der Waals surface area contributed by atoms with Gasteiger partial charge in [0.15, 0.2) is 0 Å². The fraction of sp³-hybridized carbons (Fsp3) is 0.174. The fourth-order valence-corrected chi connectivity index (χ4v) is 2.70. The molecule has 0 radical (unpaired) electrons. The summed E-state index contributed by atoms with van der Waals surface area (Å²) in [6.45, 7) is 6.35. The molecule has 0 bridgehead atoms. The zero-order chi connectivity index (χ0) is 21.0. The molecule has 29 heavy (non-hydrogen) atoms. The van der Waals surface area contributed by atoms with Crippen molar-refractivity contribution in [3.05, 3.63) is 89.5 Å². The van der Waals surface area contributed by atoms with Crippen LogP contribution in [0.5, 0.6) is 0 Å². The van der Waals surface area contributed by atoms with Crippen LogP contribution in [0.3, 0.4) is 0 Å². The molecular weight excluding hydrogens is 369 g/mol. The van der Waals surface area contributed by atoms with Crippen molar-refractivity contribution in [3.8, 4) is 0 Å². The number of hydrogen-bond donors (Lipinski definition) is 2. The van der Waals surface area contributed by atoms with Crippen LogP contribution in [0.1, 0.15) is 47.1 Å². The number of hydrogen-bond acceptors (Lipinski definition) is 3. The van der Waals surface area contributed by atoms with Crippen molar-refractivity contribution in [2.75, 3.05) is 10.6 Å².